The Morgan fingerprint density at radius 3 is 2.40 bits per heavy atom. The molecule has 11 heteroatoms. The van der Waals surface area contributed by atoms with E-state index in [2.05, 4.69) is 5.32 Å². The molecule has 0 radical (unpaired) electrons. The number of amides is 1. The van der Waals surface area contributed by atoms with E-state index in [0.29, 0.717) is 82.0 Å². The molecule has 5 rings (SSSR count). The quantitative estimate of drug-likeness (QED) is 0.342. The lowest BCUT2D eigenvalue weighted by molar-refractivity contribution is -0.148. The van der Waals surface area contributed by atoms with Gasteiger partial charge in [-0.05, 0) is 73.9 Å². The van der Waals surface area contributed by atoms with Gasteiger partial charge in [0.25, 0.3) is 5.91 Å². The largest absolute Gasteiger partial charge is 0.497 e. The number of carbonyl (C=O) groups excluding carboxylic acids is 2. The molecular weight excluding hydrogens is 566 g/mol. The normalized spacial score (nSPS) is 23.8. The average Bonchev–Trinajstić information content (AvgIpc) is 3.42. The van der Waals surface area contributed by atoms with Gasteiger partial charge in [-0.15, -0.1) is 0 Å². The van der Waals surface area contributed by atoms with Crippen LogP contribution >= 0.6 is 0 Å². The van der Waals surface area contributed by atoms with Crippen LogP contribution in [0, 0.1) is 5.92 Å². The van der Waals surface area contributed by atoms with Crippen molar-refractivity contribution in [3.8, 4) is 5.75 Å². The van der Waals surface area contributed by atoms with Crippen molar-refractivity contribution in [2.24, 2.45) is 5.92 Å². The summed E-state index contributed by atoms with van der Waals surface area (Å²) in [6, 6.07) is 11.0. The van der Waals surface area contributed by atoms with Crippen LogP contribution in [0.5, 0.6) is 5.75 Å². The minimum atomic E-state index is -4.49. The average molecular weight is 606 g/mol. The van der Waals surface area contributed by atoms with Gasteiger partial charge < -0.3 is 24.6 Å². The summed E-state index contributed by atoms with van der Waals surface area (Å²) in [7, 11) is 1.54. The zero-order valence-electron chi connectivity index (χ0n) is 24.6. The summed E-state index contributed by atoms with van der Waals surface area (Å²) >= 11 is 0. The number of likely N-dealkylation sites (tertiary alicyclic amines) is 1. The monoisotopic (exact) mass is 605 g/mol. The summed E-state index contributed by atoms with van der Waals surface area (Å²) < 4.78 is 68.0. The number of hydrogen-bond acceptors (Lipinski definition) is 6. The highest BCUT2D eigenvalue weighted by Crippen LogP contribution is 2.42. The van der Waals surface area contributed by atoms with Gasteiger partial charge in [-0.1, -0.05) is 18.2 Å². The fourth-order valence-electron chi connectivity index (χ4n) is 6.76. The number of anilines is 1. The number of hydrogen-bond donors (Lipinski definition) is 1. The predicted octanol–water partition coefficient (Wildman–Crippen LogP) is 5.29. The summed E-state index contributed by atoms with van der Waals surface area (Å²) in [5.74, 6) is -1.24. The van der Waals surface area contributed by atoms with Crippen LogP contribution < -0.4 is 15.0 Å². The Morgan fingerprint density at radius 1 is 1.02 bits per heavy atom. The van der Waals surface area contributed by atoms with Gasteiger partial charge in [0, 0.05) is 50.9 Å². The Morgan fingerprint density at radius 2 is 1.74 bits per heavy atom. The maximum atomic E-state index is 16.5. The maximum absolute atomic E-state index is 16.5. The minimum Gasteiger partial charge on any atom is -0.497 e. The molecule has 2 aromatic rings. The van der Waals surface area contributed by atoms with Crippen molar-refractivity contribution >= 4 is 17.6 Å². The highest BCUT2D eigenvalue weighted by molar-refractivity contribution is 5.87. The number of nitrogens with zero attached hydrogens (tertiary/aromatic N) is 2. The predicted molar refractivity (Wildman–Crippen MR) is 154 cm³/mol. The molecule has 1 amide bonds. The Labute approximate surface area is 249 Å². The number of ether oxygens (including phenoxy) is 2. The number of benzene rings is 2. The Kier molecular flexibility index (Phi) is 9.20. The number of carbonyl (C=O) groups is 2. The van der Waals surface area contributed by atoms with E-state index in [0.717, 1.165) is 11.6 Å². The van der Waals surface area contributed by atoms with E-state index in [1.165, 1.54) is 13.2 Å². The van der Waals surface area contributed by atoms with Crippen molar-refractivity contribution in [3.63, 3.8) is 0 Å². The van der Waals surface area contributed by atoms with Crippen LogP contribution in [0.25, 0.3) is 0 Å². The van der Waals surface area contributed by atoms with E-state index >= 15 is 4.39 Å². The summed E-state index contributed by atoms with van der Waals surface area (Å²) in [6.45, 7) is 3.79. The summed E-state index contributed by atoms with van der Waals surface area (Å²) in [4.78, 5) is 29.3. The van der Waals surface area contributed by atoms with E-state index < -0.39 is 29.2 Å². The zero-order chi connectivity index (χ0) is 30.8. The summed E-state index contributed by atoms with van der Waals surface area (Å²) in [5.41, 5.74) is -0.829. The van der Waals surface area contributed by atoms with Crippen molar-refractivity contribution in [1.29, 1.82) is 0 Å². The van der Waals surface area contributed by atoms with Gasteiger partial charge in [-0.25, -0.2) is 4.39 Å². The van der Waals surface area contributed by atoms with Crippen LogP contribution in [0.15, 0.2) is 42.5 Å². The van der Waals surface area contributed by atoms with Crippen LogP contribution in [-0.2, 0) is 20.5 Å². The van der Waals surface area contributed by atoms with Crippen molar-refractivity contribution < 1.29 is 36.6 Å². The Bertz CT molecular complexity index is 1310. The number of alkyl halides is 4. The van der Waals surface area contributed by atoms with Gasteiger partial charge in [0.2, 0.25) is 5.67 Å². The van der Waals surface area contributed by atoms with Gasteiger partial charge in [0.05, 0.1) is 25.2 Å². The lowest BCUT2D eigenvalue weighted by atomic mass is 9.83. The molecule has 3 fully saturated rings. The third-order valence-electron chi connectivity index (χ3n) is 9.17. The number of piperidine rings is 2. The van der Waals surface area contributed by atoms with Gasteiger partial charge in [0.15, 0.2) is 0 Å². The van der Waals surface area contributed by atoms with E-state index in [1.54, 1.807) is 42.2 Å². The first-order valence-electron chi connectivity index (χ1n) is 15.0. The fourth-order valence-corrected chi connectivity index (χ4v) is 6.76. The second kappa shape index (κ2) is 12.7. The molecule has 3 heterocycles. The van der Waals surface area contributed by atoms with Crippen molar-refractivity contribution in [1.82, 2.24) is 10.2 Å². The van der Waals surface area contributed by atoms with Crippen LogP contribution in [0.1, 0.15) is 61.1 Å². The van der Waals surface area contributed by atoms with Gasteiger partial charge in [-0.2, -0.15) is 13.2 Å². The molecule has 0 unspecified atom stereocenters. The molecule has 0 aromatic heterocycles. The first-order chi connectivity index (χ1) is 20.5. The smallest absolute Gasteiger partial charge is 0.416 e. The lowest BCUT2D eigenvalue weighted by Gasteiger charge is -2.39. The van der Waals surface area contributed by atoms with Crippen molar-refractivity contribution in [2.45, 2.75) is 56.3 Å². The van der Waals surface area contributed by atoms with E-state index in [9.17, 15) is 22.8 Å². The molecule has 0 saturated carbocycles. The molecule has 0 spiro atoms. The minimum absolute atomic E-state index is 0.0849. The summed E-state index contributed by atoms with van der Waals surface area (Å²) in [6.07, 6.45) is -2.46. The molecular formula is C32H39F4N3O4. The first kappa shape index (κ1) is 31.1. The standard InChI is InChI=1S/C32H39F4N3O4/c1-3-43-29(40)22-11-13-38(14-12-22)28-18-24(32(34,35)36)7-8-26(28)21-9-15-39(16-10-21)30(41)31(33)20-37-19-27(31)23-5-4-6-25(17-23)42-2/h4-8,17-18,21-22,27,37H,3,9-16,19-20H2,1-2H3/t27-,31-/m0/s1. The summed E-state index contributed by atoms with van der Waals surface area (Å²) in [5, 5.41) is 3.04. The number of nitrogens with one attached hydrogen (secondary N) is 1. The number of esters is 1. The van der Waals surface area contributed by atoms with E-state index in [4.69, 9.17) is 9.47 Å². The van der Waals surface area contributed by atoms with Crippen LogP contribution in [0.2, 0.25) is 0 Å². The third-order valence-corrected chi connectivity index (χ3v) is 9.17. The van der Waals surface area contributed by atoms with Gasteiger partial charge >= 0.3 is 12.1 Å². The van der Waals surface area contributed by atoms with E-state index in [1.807, 2.05) is 4.90 Å². The number of halogens is 4. The molecule has 0 bridgehead atoms. The Balaban J connectivity index is 1.30. The molecule has 3 aliphatic heterocycles. The molecule has 3 saturated heterocycles. The molecule has 0 aliphatic carbocycles. The van der Waals surface area contributed by atoms with Crippen LogP contribution in [-0.4, -0.2) is 75.4 Å². The van der Waals surface area contributed by atoms with Crippen LogP contribution in [0.3, 0.4) is 0 Å². The van der Waals surface area contributed by atoms with Gasteiger partial charge in [0.1, 0.15) is 5.75 Å². The number of methoxy groups -OCH3 is 1. The highest BCUT2D eigenvalue weighted by atomic mass is 19.4. The third kappa shape index (κ3) is 6.46. The number of rotatable bonds is 7. The molecule has 234 valence electrons. The molecule has 2 aromatic carbocycles. The zero-order valence-corrected chi connectivity index (χ0v) is 24.6. The van der Waals surface area contributed by atoms with E-state index in [-0.39, 0.29) is 24.3 Å². The molecule has 43 heavy (non-hydrogen) atoms. The van der Waals surface area contributed by atoms with Crippen molar-refractivity contribution in [3.05, 3.63) is 59.2 Å². The second-order valence-corrected chi connectivity index (χ2v) is 11.7. The molecule has 2 atom stereocenters. The second-order valence-electron chi connectivity index (χ2n) is 11.7. The SMILES string of the molecule is CCOC(=O)C1CCN(c2cc(C(F)(F)F)ccc2C2CCN(C(=O)[C@]3(F)CNC[C@H]3c3cccc(OC)c3)CC2)CC1. The topological polar surface area (TPSA) is 71.1 Å². The fraction of sp³-hybridized carbons (Fsp3) is 0.562. The van der Waals surface area contributed by atoms with Crippen molar-refractivity contribution in [2.75, 3.05) is 57.9 Å². The van der Waals surface area contributed by atoms with Crippen LogP contribution in [0.4, 0.5) is 23.2 Å². The molecule has 3 aliphatic rings. The lowest BCUT2D eigenvalue weighted by Crippen LogP contribution is -2.52. The maximum Gasteiger partial charge on any atom is 0.416 e. The highest BCUT2D eigenvalue weighted by Gasteiger charge is 2.52. The Hall–Kier alpha value is -3.34. The molecule has 7 nitrogen and oxygen atoms in total. The first-order valence-corrected chi connectivity index (χ1v) is 15.0. The molecule has 1 N–H and O–H groups in total. The van der Waals surface area contributed by atoms with Gasteiger partial charge in [-0.3, -0.25) is 9.59 Å².